The Balaban J connectivity index is 4.55. The molecule has 8 nitrogen and oxygen atoms in total. The molecule has 0 rings (SSSR count). The van der Waals surface area contributed by atoms with E-state index in [4.69, 9.17) is 9.05 Å². The molecule has 0 aromatic heterocycles. The molecule has 1 amide bonds. The second-order valence-corrected chi connectivity index (χ2v) is 16.4. The van der Waals surface area contributed by atoms with Crippen LogP contribution in [0.5, 0.6) is 0 Å². The smallest absolute Gasteiger partial charge is 0.268 e. The molecule has 0 heterocycles. The Morgan fingerprint density at radius 1 is 0.680 bits per heavy atom. The highest BCUT2D eigenvalue weighted by Crippen LogP contribution is 2.38. The Bertz CT molecular complexity index is 917. The van der Waals surface area contributed by atoms with Gasteiger partial charge in [-0.1, -0.05) is 140 Å². The van der Waals surface area contributed by atoms with Crippen molar-refractivity contribution >= 4 is 13.7 Å². The number of hydrogen-bond donors (Lipinski definition) is 2. The summed E-state index contributed by atoms with van der Waals surface area (Å²) in [6.45, 7) is 4.58. The molecule has 294 valence electrons. The fraction of sp³-hybridized carbons (Fsp3) is 0.829. The Morgan fingerprint density at radius 2 is 1.12 bits per heavy atom. The highest BCUT2D eigenvalue weighted by Gasteiger charge is 2.23. The van der Waals surface area contributed by atoms with Gasteiger partial charge in [-0.05, 0) is 57.8 Å². The number of nitrogens with one attached hydrogen (secondary N) is 1. The van der Waals surface area contributed by atoms with Crippen molar-refractivity contribution in [1.82, 2.24) is 5.32 Å². The summed E-state index contributed by atoms with van der Waals surface area (Å²) in [5.41, 5.74) is 0. The molecule has 3 unspecified atom stereocenters. The summed E-state index contributed by atoms with van der Waals surface area (Å²) in [5.74, 6) is -0.215. The number of phosphoric ester groups is 1. The van der Waals surface area contributed by atoms with Crippen LogP contribution in [-0.4, -0.2) is 68.5 Å². The highest BCUT2D eigenvalue weighted by molar-refractivity contribution is 7.45. The SMILES string of the molecule is CCCCCC/C=C\CCCCCCCCCC(=O)NC(COP(=O)([O-])OCC[N+](C)(C)C)C(O)/C=C/CC/C=C/CCCCCCCCC. The first kappa shape index (κ1) is 48.7. The number of allylic oxidation sites excluding steroid dienone is 5. The van der Waals surface area contributed by atoms with Gasteiger partial charge in [0, 0.05) is 6.42 Å². The van der Waals surface area contributed by atoms with Crippen LogP contribution in [0.3, 0.4) is 0 Å². The molecule has 0 aliphatic carbocycles. The van der Waals surface area contributed by atoms with Crippen LogP contribution in [0.1, 0.15) is 168 Å². The molecule has 0 fully saturated rings. The van der Waals surface area contributed by atoms with E-state index in [9.17, 15) is 19.4 Å². The first-order chi connectivity index (χ1) is 24.0. The first-order valence-corrected chi connectivity index (χ1v) is 21.8. The molecule has 9 heteroatoms. The van der Waals surface area contributed by atoms with E-state index >= 15 is 0 Å². The number of aliphatic hydroxyl groups excluding tert-OH is 1. The molecule has 2 N–H and O–H groups in total. The maximum absolute atomic E-state index is 12.8. The zero-order valence-electron chi connectivity index (χ0n) is 33.1. The van der Waals surface area contributed by atoms with Gasteiger partial charge in [-0.15, -0.1) is 0 Å². The van der Waals surface area contributed by atoms with Crippen LogP contribution in [-0.2, 0) is 18.4 Å². The number of hydrogen-bond acceptors (Lipinski definition) is 6. The number of amides is 1. The third kappa shape index (κ3) is 35.1. The van der Waals surface area contributed by atoms with Gasteiger partial charge in [0.25, 0.3) is 7.82 Å². The molecule has 0 radical (unpaired) electrons. The number of unbranched alkanes of at least 4 members (excludes halogenated alkanes) is 19. The van der Waals surface area contributed by atoms with E-state index in [0.29, 0.717) is 17.4 Å². The van der Waals surface area contributed by atoms with Crippen molar-refractivity contribution in [3.8, 4) is 0 Å². The standard InChI is InChI=1S/C41H79N2O6P/c1-6-8-10-12-14-16-18-20-21-23-25-27-29-31-33-35-41(45)42-39(38-49-50(46,47)48-37-36-43(3,4)5)40(44)34-32-30-28-26-24-22-19-17-15-13-11-9-7-2/h16,18,24,26,32,34,39-40,44H,6-15,17,19-23,25,27-31,33,35-38H2,1-5H3,(H-,42,45,46,47)/b18-16-,26-24+,34-32+. The molecule has 50 heavy (non-hydrogen) atoms. The van der Waals surface area contributed by atoms with E-state index in [1.165, 1.54) is 109 Å². The fourth-order valence-corrected chi connectivity index (χ4v) is 6.24. The summed E-state index contributed by atoms with van der Waals surface area (Å²) < 4.78 is 23.1. The van der Waals surface area contributed by atoms with Crippen LogP contribution < -0.4 is 10.2 Å². The zero-order valence-corrected chi connectivity index (χ0v) is 34.0. The Hall–Kier alpha value is -1.28. The number of phosphoric acid groups is 1. The van der Waals surface area contributed by atoms with Crippen LogP contribution >= 0.6 is 7.82 Å². The van der Waals surface area contributed by atoms with Crippen molar-refractivity contribution in [2.45, 2.75) is 180 Å². The highest BCUT2D eigenvalue weighted by atomic mass is 31.2. The average Bonchev–Trinajstić information content (AvgIpc) is 3.06. The summed E-state index contributed by atoms with van der Waals surface area (Å²) in [7, 11) is 1.24. The van der Waals surface area contributed by atoms with Gasteiger partial charge in [0.15, 0.2) is 0 Å². The maximum Gasteiger partial charge on any atom is 0.268 e. The van der Waals surface area contributed by atoms with Crippen molar-refractivity contribution in [3.63, 3.8) is 0 Å². The molecule has 3 atom stereocenters. The molecule has 0 aromatic rings. The second kappa shape index (κ2) is 33.5. The van der Waals surface area contributed by atoms with Gasteiger partial charge in [0.05, 0.1) is 39.9 Å². The number of rotatable bonds is 36. The lowest BCUT2D eigenvalue weighted by Crippen LogP contribution is -2.45. The number of likely N-dealkylation sites (N-methyl/N-ethyl adjacent to an activating group) is 1. The molecule has 0 aromatic carbocycles. The van der Waals surface area contributed by atoms with Crippen molar-refractivity contribution in [2.24, 2.45) is 0 Å². The van der Waals surface area contributed by atoms with Gasteiger partial charge in [-0.25, -0.2) is 0 Å². The lowest BCUT2D eigenvalue weighted by Gasteiger charge is -2.29. The Morgan fingerprint density at radius 3 is 1.64 bits per heavy atom. The van der Waals surface area contributed by atoms with Crippen molar-refractivity contribution in [1.29, 1.82) is 0 Å². The van der Waals surface area contributed by atoms with E-state index in [-0.39, 0.29) is 12.5 Å². The molecule has 0 aliphatic heterocycles. The topological polar surface area (TPSA) is 108 Å². The van der Waals surface area contributed by atoms with Crippen LogP contribution in [0.25, 0.3) is 0 Å². The Labute approximate surface area is 308 Å². The number of quaternary nitrogens is 1. The lowest BCUT2D eigenvalue weighted by molar-refractivity contribution is -0.870. The van der Waals surface area contributed by atoms with E-state index in [2.05, 4.69) is 43.5 Å². The minimum Gasteiger partial charge on any atom is -0.756 e. The van der Waals surface area contributed by atoms with Gasteiger partial charge >= 0.3 is 0 Å². The Kier molecular flexibility index (Phi) is 32.7. The third-order valence-corrected chi connectivity index (χ3v) is 9.79. The van der Waals surface area contributed by atoms with Gasteiger partial charge in [-0.2, -0.15) is 0 Å². The third-order valence-electron chi connectivity index (χ3n) is 8.82. The summed E-state index contributed by atoms with van der Waals surface area (Å²) in [6.07, 6.45) is 39.0. The monoisotopic (exact) mass is 727 g/mol. The molecule has 0 bridgehead atoms. The number of carbonyl (C=O) groups excluding carboxylic acids is 1. The van der Waals surface area contributed by atoms with Gasteiger partial charge in [0.2, 0.25) is 5.91 Å². The largest absolute Gasteiger partial charge is 0.756 e. The van der Waals surface area contributed by atoms with Crippen LogP contribution in [0.2, 0.25) is 0 Å². The summed E-state index contributed by atoms with van der Waals surface area (Å²) >= 11 is 0. The number of aliphatic hydroxyl groups is 1. The van der Waals surface area contributed by atoms with Crippen molar-refractivity contribution in [2.75, 3.05) is 40.9 Å². The molecular weight excluding hydrogens is 647 g/mol. The van der Waals surface area contributed by atoms with Crippen LogP contribution in [0, 0.1) is 0 Å². The van der Waals surface area contributed by atoms with E-state index < -0.39 is 26.6 Å². The average molecular weight is 727 g/mol. The normalized spacial score (nSPS) is 14.9. The van der Waals surface area contributed by atoms with Gasteiger partial charge in [0.1, 0.15) is 13.2 Å². The maximum atomic E-state index is 12.8. The van der Waals surface area contributed by atoms with Crippen LogP contribution in [0.15, 0.2) is 36.5 Å². The first-order valence-electron chi connectivity index (χ1n) is 20.4. The van der Waals surface area contributed by atoms with Gasteiger partial charge in [-0.3, -0.25) is 9.36 Å². The summed E-state index contributed by atoms with van der Waals surface area (Å²) in [4.78, 5) is 25.2. The molecular formula is C41H79N2O6P. The molecule has 0 saturated carbocycles. The summed E-state index contributed by atoms with van der Waals surface area (Å²) in [5, 5.41) is 13.7. The van der Waals surface area contributed by atoms with Crippen molar-refractivity contribution in [3.05, 3.63) is 36.5 Å². The van der Waals surface area contributed by atoms with Crippen molar-refractivity contribution < 1.29 is 32.9 Å². The van der Waals surface area contributed by atoms with Crippen LogP contribution in [0.4, 0.5) is 0 Å². The van der Waals surface area contributed by atoms with E-state index in [1.54, 1.807) is 6.08 Å². The number of carbonyl (C=O) groups is 1. The number of nitrogens with zero attached hydrogens (tertiary/aromatic N) is 1. The predicted molar refractivity (Wildman–Crippen MR) is 210 cm³/mol. The quantitative estimate of drug-likeness (QED) is 0.0288. The van der Waals surface area contributed by atoms with Gasteiger partial charge < -0.3 is 28.8 Å². The molecule has 0 spiro atoms. The van der Waals surface area contributed by atoms with E-state index in [1.807, 2.05) is 27.2 Å². The molecule has 0 saturated heterocycles. The minimum atomic E-state index is -4.59. The zero-order chi connectivity index (χ0) is 37.2. The summed E-state index contributed by atoms with van der Waals surface area (Å²) in [6, 6.07) is -0.902. The second-order valence-electron chi connectivity index (χ2n) is 15.0. The molecule has 0 aliphatic rings. The minimum absolute atomic E-state index is 0.00746. The fourth-order valence-electron chi connectivity index (χ4n) is 5.51. The van der Waals surface area contributed by atoms with E-state index in [0.717, 1.165) is 38.5 Å². The lowest BCUT2D eigenvalue weighted by atomic mass is 10.1. The predicted octanol–water partition coefficient (Wildman–Crippen LogP) is 10.1.